The van der Waals surface area contributed by atoms with E-state index in [-0.39, 0.29) is 5.78 Å². The van der Waals surface area contributed by atoms with Crippen LogP contribution in [0, 0.1) is 5.92 Å². The lowest BCUT2D eigenvalue weighted by Gasteiger charge is -2.29. The Morgan fingerprint density at radius 3 is 2.61 bits per heavy atom. The van der Waals surface area contributed by atoms with Gasteiger partial charge in [0.25, 0.3) is 0 Å². The predicted octanol–water partition coefficient (Wildman–Crippen LogP) is 3.13. The van der Waals surface area contributed by atoms with Crippen LogP contribution in [0.5, 0.6) is 5.75 Å². The van der Waals surface area contributed by atoms with Crippen molar-refractivity contribution in [3.05, 3.63) is 23.8 Å². The second kappa shape index (κ2) is 5.01. The Morgan fingerprint density at radius 2 is 2.11 bits per heavy atom. The SMILES string of the molecule is COc1cccc(N(C)C(C)C2CC2)c1C(C)=O. The van der Waals surface area contributed by atoms with E-state index in [2.05, 4.69) is 18.9 Å². The monoisotopic (exact) mass is 247 g/mol. The Balaban J connectivity index is 2.39. The van der Waals surface area contributed by atoms with Crippen LogP contribution in [0.2, 0.25) is 0 Å². The fraction of sp³-hybridized carbons (Fsp3) is 0.533. The topological polar surface area (TPSA) is 29.5 Å². The lowest BCUT2D eigenvalue weighted by atomic mass is 10.0. The summed E-state index contributed by atoms with van der Waals surface area (Å²) in [6, 6.07) is 6.25. The summed E-state index contributed by atoms with van der Waals surface area (Å²) in [7, 11) is 3.67. The number of carbonyl (C=O) groups excluding carboxylic acids is 1. The zero-order valence-electron chi connectivity index (χ0n) is 11.6. The number of hydrogen-bond donors (Lipinski definition) is 0. The lowest BCUT2D eigenvalue weighted by Crippen LogP contribution is -2.31. The second-order valence-corrected chi connectivity index (χ2v) is 5.10. The molecule has 3 nitrogen and oxygen atoms in total. The van der Waals surface area contributed by atoms with Crippen molar-refractivity contribution in [3.8, 4) is 5.75 Å². The zero-order valence-corrected chi connectivity index (χ0v) is 11.6. The van der Waals surface area contributed by atoms with Crippen LogP contribution < -0.4 is 9.64 Å². The van der Waals surface area contributed by atoms with Gasteiger partial charge >= 0.3 is 0 Å². The van der Waals surface area contributed by atoms with Gasteiger partial charge in [0.2, 0.25) is 0 Å². The molecule has 0 radical (unpaired) electrons. The minimum Gasteiger partial charge on any atom is -0.496 e. The Kier molecular flexibility index (Phi) is 3.60. The second-order valence-electron chi connectivity index (χ2n) is 5.10. The largest absolute Gasteiger partial charge is 0.496 e. The first-order chi connectivity index (χ1) is 8.56. The fourth-order valence-electron chi connectivity index (χ4n) is 2.45. The van der Waals surface area contributed by atoms with E-state index in [1.807, 2.05) is 18.2 Å². The number of methoxy groups -OCH3 is 1. The quantitative estimate of drug-likeness (QED) is 0.749. The molecule has 0 bridgehead atoms. The van der Waals surface area contributed by atoms with E-state index >= 15 is 0 Å². The number of anilines is 1. The van der Waals surface area contributed by atoms with Crippen molar-refractivity contribution in [1.29, 1.82) is 0 Å². The van der Waals surface area contributed by atoms with Gasteiger partial charge in [0, 0.05) is 13.1 Å². The first-order valence-corrected chi connectivity index (χ1v) is 6.47. The summed E-state index contributed by atoms with van der Waals surface area (Å²) in [5, 5.41) is 0. The van der Waals surface area contributed by atoms with Crippen LogP contribution in [0.1, 0.15) is 37.0 Å². The molecule has 0 N–H and O–H groups in total. The average molecular weight is 247 g/mol. The maximum absolute atomic E-state index is 11.9. The maximum Gasteiger partial charge on any atom is 0.165 e. The third-order valence-corrected chi connectivity index (χ3v) is 3.87. The third kappa shape index (κ3) is 2.35. The Morgan fingerprint density at radius 1 is 1.44 bits per heavy atom. The fourth-order valence-corrected chi connectivity index (χ4v) is 2.45. The molecule has 0 aliphatic heterocycles. The normalized spacial score (nSPS) is 16.2. The van der Waals surface area contributed by atoms with Gasteiger partial charge in [0.05, 0.1) is 18.4 Å². The van der Waals surface area contributed by atoms with Crippen LogP contribution in [-0.2, 0) is 0 Å². The average Bonchev–Trinajstić information content (AvgIpc) is 3.20. The lowest BCUT2D eigenvalue weighted by molar-refractivity contribution is 0.101. The summed E-state index contributed by atoms with van der Waals surface area (Å²) >= 11 is 0. The van der Waals surface area contributed by atoms with Crippen molar-refractivity contribution in [2.75, 3.05) is 19.1 Å². The van der Waals surface area contributed by atoms with Crippen molar-refractivity contribution >= 4 is 11.5 Å². The predicted molar refractivity (Wildman–Crippen MR) is 73.6 cm³/mol. The molecule has 1 aliphatic rings. The zero-order chi connectivity index (χ0) is 13.3. The van der Waals surface area contributed by atoms with E-state index in [1.165, 1.54) is 12.8 Å². The van der Waals surface area contributed by atoms with Gasteiger partial charge in [0.1, 0.15) is 5.75 Å². The highest BCUT2D eigenvalue weighted by Gasteiger charge is 2.32. The van der Waals surface area contributed by atoms with Crippen molar-refractivity contribution in [3.63, 3.8) is 0 Å². The van der Waals surface area contributed by atoms with E-state index in [0.717, 1.165) is 11.6 Å². The maximum atomic E-state index is 11.9. The van der Waals surface area contributed by atoms with E-state index in [1.54, 1.807) is 14.0 Å². The van der Waals surface area contributed by atoms with Gasteiger partial charge in [-0.3, -0.25) is 4.79 Å². The molecule has 0 heterocycles. The number of carbonyl (C=O) groups is 1. The van der Waals surface area contributed by atoms with Gasteiger partial charge in [-0.25, -0.2) is 0 Å². The summed E-state index contributed by atoms with van der Waals surface area (Å²) in [5.74, 6) is 1.48. The summed E-state index contributed by atoms with van der Waals surface area (Å²) < 4.78 is 5.31. The molecule has 98 valence electrons. The number of hydrogen-bond acceptors (Lipinski definition) is 3. The van der Waals surface area contributed by atoms with Crippen LogP contribution >= 0.6 is 0 Å². The third-order valence-electron chi connectivity index (χ3n) is 3.87. The molecule has 1 atom stereocenters. The number of benzene rings is 1. The summed E-state index contributed by atoms with van der Waals surface area (Å²) in [6.45, 7) is 3.82. The summed E-state index contributed by atoms with van der Waals surface area (Å²) in [4.78, 5) is 14.1. The molecule has 3 heteroatoms. The van der Waals surface area contributed by atoms with Crippen molar-refractivity contribution in [2.24, 2.45) is 5.92 Å². The van der Waals surface area contributed by atoms with Crippen molar-refractivity contribution in [1.82, 2.24) is 0 Å². The van der Waals surface area contributed by atoms with Gasteiger partial charge in [-0.1, -0.05) is 6.07 Å². The summed E-state index contributed by atoms with van der Waals surface area (Å²) in [5.41, 5.74) is 1.66. The van der Waals surface area contributed by atoms with Crippen molar-refractivity contribution in [2.45, 2.75) is 32.7 Å². The van der Waals surface area contributed by atoms with Gasteiger partial charge in [-0.2, -0.15) is 0 Å². The highest BCUT2D eigenvalue weighted by atomic mass is 16.5. The Hall–Kier alpha value is -1.51. The van der Waals surface area contributed by atoms with Gasteiger partial charge in [-0.15, -0.1) is 0 Å². The first kappa shape index (κ1) is 12.9. The first-order valence-electron chi connectivity index (χ1n) is 6.47. The molecule has 1 aromatic carbocycles. The molecular formula is C15H21NO2. The standard InChI is InChI=1S/C15H21NO2/c1-10(12-8-9-12)16(3)13-6-5-7-14(18-4)15(13)11(2)17/h5-7,10,12H,8-9H2,1-4H3. The van der Waals surface area contributed by atoms with E-state index in [4.69, 9.17) is 4.74 Å². The molecule has 2 rings (SSSR count). The highest BCUT2D eigenvalue weighted by molar-refractivity contribution is 6.02. The van der Waals surface area contributed by atoms with Crippen LogP contribution in [0.4, 0.5) is 5.69 Å². The minimum absolute atomic E-state index is 0.0531. The molecule has 1 saturated carbocycles. The molecule has 1 unspecified atom stereocenters. The van der Waals surface area contributed by atoms with E-state index < -0.39 is 0 Å². The smallest absolute Gasteiger partial charge is 0.165 e. The van der Waals surface area contributed by atoms with Gasteiger partial charge in [-0.05, 0) is 44.7 Å². The van der Waals surface area contributed by atoms with Crippen LogP contribution in [0.3, 0.4) is 0 Å². The molecule has 0 amide bonds. The molecule has 18 heavy (non-hydrogen) atoms. The number of rotatable bonds is 5. The molecule has 0 spiro atoms. The van der Waals surface area contributed by atoms with E-state index in [0.29, 0.717) is 17.4 Å². The van der Waals surface area contributed by atoms with Crippen LogP contribution in [-0.4, -0.2) is 26.0 Å². The number of Topliss-reactive ketones (excluding diaryl/α,β-unsaturated/α-hetero) is 1. The molecule has 1 fully saturated rings. The summed E-state index contributed by atoms with van der Waals surface area (Å²) in [6.07, 6.45) is 2.59. The Labute approximate surface area is 109 Å². The van der Waals surface area contributed by atoms with Crippen molar-refractivity contribution < 1.29 is 9.53 Å². The minimum atomic E-state index is 0.0531. The number of ether oxygens (including phenoxy) is 1. The molecule has 0 aromatic heterocycles. The number of ketones is 1. The van der Waals surface area contributed by atoms with Gasteiger partial charge in [0.15, 0.2) is 5.78 Å². The highest BCUT2D eigenvalue weighted by Crippen LogP contribution is 2.38. The molecular weight excluding hydrogens is 226 g/mol. The number of nitrogens with zero attached hydrogens (tertiary/aromatic N) is 1. The van der Waals surface area contributed by atoms with E-state index in [9.17, 15) is 4.79 Å². The molecule has 1 aromatic rings. The van der Waals surface area contributed by atoms with Crippen LogP contribution in [0.25, 0.3) is 0 Å². The molecule has 0 saturated heterocycles. The Bertz CT molecular complexity index is 452. The van der Waals surface area contributed by atoms with Gasteiger partial charge < -0.3 is 9.64 Å². The van der Waals surface area contributed by atoms with Crippen LogP contribution in [0.15, 0.2) is 18.2 Å². The molecule has 1 aliphatic carbocycles.